The molecule has 20 heavy (non-hydrogen) atoms. The number of anilines is 2. The van der Waals surface area contributed by atoms with E-state index < -0.39 is 0 Å². The second-order valence-electron chi connectivity index (χ2n) is 5.73. The zero-order chi connectivity index (χ0) is 14.5. The second-order valence-corrected chi connectivity index (χ2v) is 5.73. The predicted molar refractivity (Wildman–Crippen MR) is 82.1 cm³/mol. The van der Waals surface area contributed by atoms with E-state index in [1.54, 1.807) is 7.11 Å². The Morgan fingerprint density at radius 3 is 2.80 bits per heavy atom. The standard InChI is InChI=1S/C15H26N4O/c1-5-6-16-13-8-15(18-14(17-13)10-20-4)19-9-11(2)7-12(19)3/h8,11-12H,5-7,9-10H2,1-4H3,(H,16,17,18). The van der Waals surface area contributed by atoms with Crippen molar-refractivity contribution in [3.63, 3.8) is 0 Å². The zero-order valence-electron chi connectivity index (χ0n) is 13.0. The lowest BCUT2D eigenvalue weighted by Gasteiger charge is -2.23. The molecule has 1 aromatic heterocycles. The molecule has 1 aliphatic rings. The van der Waals surface area contributed by atoms with E-state index in [2.05, 4.69) is 47.0 Å². The lowest BCUT2D eigenvalue weighted by atomic mass is 10.1. The largest absolute Gasteiger partial charge is 0.377 e. The van der Waals surface area contributed by atoms with Crippen molar-refractivity contribution in [2.45, 2.75) is 46.3 Å². The third kappa shape index (κ3) is 3.60. The molecule has 5 heteroatoms. The van der Waals surface area contributed by atoms with E-state index in [0.29, 0.717) is 12.6 Å². The Hall–Kier alpha value is -1.36. The molecule has 1 saturated heterocycles. The highest BCUT2D eigenvalue weighted by atomic mass is 16.5. The maximum absolute atomic E-state index is 5.18. The van der Waals surface area contributed by atoms with Gasteiger partial charge in [0.1, 0.15) is 18.2 Å². The monoisotopic (exact) mass is 278 g/mol. The van der Waals surface area contributed by atoms with Crippen LogP contribution in [0.3, 0.4) is 0 Å². The fourth-order valence-electron chi connectivity index (χ4n) is 2.79. The van der Waals surface area contributed by atoms with Crippen molar-refractivity contribution in [1.82, 2.24) is 9.97 Å². The first-order chi connectivity index (χ1) is 9.63. The number of aromatic nitrogens is 2. The quantitative estimate of drug-likeness (QED) is 0.867. The van der Waals surface area contributed by atoms with Crippen molar-refractivity contribution >= 4 is 11.6 Å². The summed E-state index contributed by atoms with van der Waals surface area (Å²) in [7, 11) is 1.68. The molecule has 0 aromatic carbocycles. The Balaban J connectivity index is 2.23. The van der Waals surface area contributed by atoms with Crippen LogP contribution in [0, 0.1) is 5.92 Å². The molecule has 0 aliphatic carbocycles. The van der Waals surface area contributed by atoms with Crippen LogP contribution in [-0.4, -0.2) is 36.2 Å². The molecule has 2 unspecified atom stereocenters. The van der Waals surface area contributed by atoms with E-state index in [1.165, 1.54) is 6.42 Å². The molecular weight excluding hydrogens is 252 g/mol. The van der Waals surface area contributed by atoms with E-state index in [4.69, 9.17) is 4.74 Å². The molecule has 112 valence electrons. The van der Waals surface area contributed by atoms with Crippen LogP contribution >= 0.6 is 0 Å². The van der Waals surface area contributed by atoms with Crippen LogP contribution in [-0.2, 0) is 11.3 Å². The first-order valence-electron chi connectivity index (χ1n) is 7.51. The van der Waals surface area contributed by atoms with Gasteiger partial charge in [-0.2, -0.15) is 0 Å². The molecule has 1 aromatic rings. The number of nitrogens with one attached hydrogen (secondary N) is 1. The van der Waals surface area contributed by atoms with Crippen molar-refractivity contribution in [3.8, 4) is 0 Å². The summed E-state index contributed by atoms with van der Waals surface area (Å²) in [5.41, 5.74) is 0. The van der Waals surface area contributed by atoms with Crippen molar-refractivity contribution in [3.05, 3.63) is 11.9 Å². The minimum absolute atomic E-state index is 0.451. The fraction of sp³-hybridized carbons (Fsp3) is 0.733. The van der Waals surface area contributed by atoms with Crippen molar-refractivity contribution < 1.29 is 4.74 Å². The topological polar surface area (TPSA) is 50.3 Å². The van der Waals surface area contributed by atoms with Crippen LogP contribution in [0.4, 0.5) is 11.6 Å². The molecule has 0 radical (unpaired) electrons. The molecule has 0 amide bonds. The Morgan fingerprint density at radius 2 is 2.20 bits per heavy atom. The summed E-state index contributed by atoms with van der Waals surface area (Å²) < 4.78 is 5.18. The number of methoxy groups -OCH3 is 1. The number of nitrogens with zero attached hydrogens (tertiary/aromatic N) is 3. The van der Waals surface area contributed by atoms with E-state index in [9.17, 15) is 0 Å². The van der Waals surface area contributed by atoms with Crippen molar-refractivity contribution in [1.29, 1.82) is 0 Å². The Kier molecular flexibility index (Phi) is 5.17. The van der Waals surface area contributed by atoms with Gasteiger partial charge in [-0.3, -0.25) is 0 Å². The van der Waals surface area contributed by atoms with Gasteiger partial charge in [-0.15, -0.1) is 0 Å². The molecule has 1 fully saturated rings. The Bertz CT molecular complexity index is 438. The predicted octanol–water partition coefficient (Wildman–Crippen LogP) is 2.68. The fourth-order valence-corrected chi connectivity index (χ4v) is 2.79. The van der Waals surface area contributed by atoms with E-state index in [1.807, 2.05) is 0 Å². The maximum atomic E-state index is 5.18. The average Bonchev–Trinajstić information content (AvgIpc) is 2.75. The average molecular weight is 278 g/mol. The van der Waals surface area contributed by atoms with Crippen LogP contribution in [0.5, 0.6) is 0 Å². The van der Waals surface area contributed by atoms with E-state index >= 15 is 0 Å². The summed E-state index contributed by atoms with van der Waals surface area (Å²) in [6.07, 6.45) is 2.30. The van der Waals surface area contributed by atoms with Gasteiger partial charge in [0.15, 0.2) is 5.82 Å². The molecule has 2 heterocycles. The van der Waals surface area contributed by atoms with Gasteiger partial charge >= 0.3 is 0 Å². The van der Waals surface area contributed by atoms with Gasteiger partial charge in [-0.25, -0.2) is 9.97 Å². The van der Waals surface area contributed by atoms with Gasteiger partial charge < -0.3 is 15.0 Å². The van der Waals surface area contributed by atoms with Gasteiger partial charge in [0.2, 0.25) is 0 Å². The van der Waals surface area contributed by atoms with Crippen LogP contribution in [0.25, 0.3) is 0 Å². The molecule has 0 bridgehead atoms. The molecule has 2 atom stereocenters. The van der Waals surface area contributed by atoms with E-state index in [0.717, 1.165) is 42.9 Å². The maximum Gasteiger partial charge on any atom is 0.158 e. The van der Waals surface area contributed by atoms with Crippen molar-refractivity contribution in [2.24, 2.45) is 5.92 Å². The SMILES string of the molecule is CCCNc1cc(N2CC(C)CC2C)nc(COC)n1. The lowest BCUT2D eigenvalue weighted by Crippen LogP contribution is -2.28. The zero-order valence-corrected chi connectivity index (χ0v) is 13.0. The first kappa shape index (κ1) is 15.0. The molecule has 0 spiro atoms. The van der Waals surface area contributed by atoms with Gasteiger partial charge in [0.25, 0.3) is 0 Å². The molecule has 2 rings (SSSR count). The molecule has 1 N–H and O–H groups in total. The minimum atomic E-state index is 0.451. The summed E-state index contributed by atoms with van der Waals surface area (Å²) >= 11 is 0. The van der Waals surface area contributed by atoms with Crippen LogP contribution in [0.1, 0.15) is 39.4 Å². The third-order valence-corrected chi connectivity index (χ3v) is 3.67. The molecule has 1 aliphatic heterocycles. The van der Waals surface area contributed by atoms with Crippen LogP contribution in [0.2, 0.25) is 0 Å². The highest BCUT2D eigenvalue weighted by Crippen LogP contribution is 2.28. The van der Waals surface area contributed by atoms with Gasteiger partial charge in [-0.1, -0.05) is 13.8 Å². The summed E-state index contributed by atoms with van der Waals surface area (Å²) in [6, 6.07) is 2.60. The summed E-state index contributed by atoms with van der Waals surface area (Å²) in [5.74, 6) is 3.38. The number of rotatable bonds is 6. The highest BCUT2D eigenvalue weighted by Gasteiger charge is 2.27. The lowest BCUT2D eigenvalue weighted by molar-refractivity contribution is 0.178. The molecule has 5 nitrogen and oxygen atoms in total. The third-order valence-electron chi connectivity index (χ3n) is 3.67. The number of hydrogen-bond acceptors (Lipinski definition) is 5. The van der Waals surface area contributed by atoms with Crippen LogP contribution < -0.4 is 10.2 Å². The van der Waals surface area contributed by atoms with Gasteiger partial charge in [-0.05, 0) is 25.7 Å². The normalized spacial score (nSPS) is 22.3. The minimum Gasteiger partial charge on any atom is -0.377 e. The van der Waals surface area contributed by atoms with Gasteiger partial charge in [0, 0.05) is 32.3 Å². The summed E-state index contributed by atoms with van der Waals surface area (Å²) in [6.45, 7) is 9.15. The summed E-state index contributed by atoms with van der Waals surface area (Å²) in [5, 5.41) is 3.35. The first-order valence-corrected chi connectivity index (χ1v) is 7.51. The molecular formula is C15H26N4O. The number of ether oxygens (including phenoxy) is 1. The summed E-state index contributed by atoms with van der Waals surface area (Å²) in [4.78, 5) is 11.5. The van der Waals surface area contributed by atoms with Gasteiger partial charge in [0.05, 0.1) is 0 Å². The number of hydrogen-bond donors (Lipinski definition) is 1. The molecule has 0 saturated carbocycles. The second kappa shape index (κ2) is 6.88. The van der Waals surface area contributed by atoms with Crippen LogP contribution in [0.15, 0.2) is 6.07 Å². The Morgan fingerprint density at radius 1 is 1.40 bits per heavy atom. The Labute approximate surface area is 121 Å². The van der Waals surface area contributed by atoms with E-state index in [-0.39, 0.29) is 0 Å². The van der Waals surface area contributed by atoms with Crippen molar-refractivity contribution in [2.75, 3.05) is 30.4 Å². The highest BCUT2D eigenvalue weighted by molar-refractivity contribution is 5.50. The smallest absolute Gasteiger partial charge is 0.158 e.